The lowest BCUT2D eigenvalue weighted by atomic mass is 10.1. The molecule has 0 saturated carbocycles. The molecule has 1 aliphatic rings. The molecule has 5 nitrogen and oxygen atoms in total. The first-order valence-corrected chi connectivity index (χ1v) is 8.29. The molecule has 1 aromatic rings. The average molecular weight is 322 g/mol. The van der Waals surface area contributed by atoms with Crippen LogP contribution in [-0.4, -0.2) is 70.0 Å². The minimum atomic E-state index is 0.542. The molecule has 1 saturated heterocycles. The molecule has 0 spiro atoms. The lowest BCUT2D eigenvalue weighted by Crippen LogP contribution is -2.46. The fourth-order valence-electron chi connectivity index (χ4n) is 3.16. The molecule has 23 heavy (non-hydrogen) atoms. The zero-order chi connectivity index (χ0) is 16.7. The maximum Gasteiger partial charge on any atom is 0.124 e. The van der Waals surface area contributed by atoms with Crippen LogP contribution in [0.2, 0.25) is 0 Å². The van der Waals surface area contributed by atoms with Gasteiger partial charge in [-0.2, -0.15) is 0 Å². The van der Waals surface area contributed by atoms with Crippen molar-refractivity contribution >= 4 is 0 Å². The quantitative estimate of drug-likeness (QED) is 0.731. The molecule has 0 radical (unpaired) electrons. The fourth-order valence-corrected chi connectivity index (χ4v) is 3.16. The van der Waals surface area contributed by atoms with E-state index < -0.39 is 0 Å². The van der Waals surface area contributed by atoms with Crippen molar-refractivity contribution in [3.63, 3.8) is 0 Å². The van der Waals surface area contributed by atoms with Gasteiger partial charge in [0.1, 0.15) is 5.75 Å². The molecule has 1 aromatic carbocycles. The maximum absolute atomic E-state index is 5.43. The van der Waals surface area contributed by atoms with Crippen molar-refractivity contribution in [1.29, 1.82) is 0 Å². The highest BCUT2D eigenvalue weighted by Crippen LogP contribution is 2.21. The lowest BCUT2D eigenvalue weighted by Gasteiger charge is -2.34. The third kappa shape index (κ3) is 5.46. The van der Waals surface area contributed by atoms with Crippen molar-refractivity contribution in [2.45, 2.75) is 26.1 Å². The summed E-state index contributed by atoms with van der Waals surface area (Å²) in [5.74, 6) is 0.889. The zero-order valence-corrected chi connectivity index (χ0v) is 14.9. The van der Waals surface area contributed by atoms with Gasteiger partial charge in [-0.1, -0.05) is 6.07 Å². The first-order valence-electron chi connectivity index (χ1n) is 8.29. The highest BCUT2D eigenvalue weighted by Gasteiger charge is 2.18. The van der Waals surface area contributed by atoms with Crippen LogP contribution in [0.15, 0.2) is 18.2 Å². The Balaban J connectivity index is 1.91. The highest BCUT2D eigenvalue weighted by molar-refractivity contribution is 5.36. The van der Waals surface area contributed by atoms with Crippen LogP contribution < -0.4 is 4.74 Å². The Morgan fingerprint density at radius 2 is 2.00 bits per heavy atom. The molecule has 130 valence electrons. The highest BCUT2D eigenvalue weighted by atomic mass is 16.5. The van der Waals surface area contributed by atoms with E-state index in [1.54, 1.807) is 14.2 Å². The van der Waals surface area contributed by atoms with Gasteiger partial charge in [0, 0.05) is 44.9 Å². The van der Waals surface area contributed by atoms with Gasteiger partial charge < -0.3 is 19.1 Å². The fraction of sp³-hybridized carbons (Fsp3) is 0.667. The predicted octanol–water partition coefficient (Wildman–Crippen LogP) is 1.99. The first kappa shape index (κ1) is 18.2. The van der Waals surface area contributed by atoms with Crippen molar-refractivity contribution in [2.75, 3.05) is 54.1 Å². The predicted molar refractivity (Wildman–Crippen MR) is 91.9 cm³/mol. The van der Waals surface area contributed by atoms with Gasteiger partial charge in [-0.25, -0.2) is 0 Å². The van der Waals surface area contributed by atoms with E-state index in [0.717, 1.165) is 50.7 Å². The molecule has 1 unspecified atom stereocenters. The largest absolute Gasteiger partial charge is 0.496 e. The number of hydrogen-bond acceptors (Lipinski definition) is 5. The second-order valence-corrected chi connectivity index (χ2v) is 6.27. The van der Waals surface area contributed by atoms with Crippen LogP contribution in [0.5, 0.6) is 5.75 Å². The van der Waals surface area contributed by atoms with Gasteiger partial charge >= 0.3 is 0 Å². The van der Waals surface area contributed by atoms with Gasteiger partial charge in [0.25, 0.3) is 0 Å². The summed E-state index contributed by atoms with van der Waals surface area (Å²) in [5, 5.41) is 0. The number of hydrogen-bond donors (Lipinski definition) is 0. The summed E-state index contributed by atoms with van der Waals surface area (Å²) >= 11 is 0. The smallest absolute Gasteiger partial charge is 0.124 e. The Kier molecular flexibility index (Phi) is 7.30. The number of morpholine rings is 1. The number of benzene rings is 1. The molecule has 0 bridgehead atoms. The van der Waals surface area contributed by atoms with Crippen molar-refractivity contribution in [3.8, 4) is 5.75 Å². The molecule has 0 aromatic heterocycles. The zero-order valence-electron chi connectivity index (χ0n) is 14.9. The third-order valence-electron chi connectivity index (χ3n) is 4.34. The number of rotatable bonds is 8. The summed E-state index contributed by atoms with van der Waals surface area (Å²) in [6.07, 6.45) is 0. The number of nitrogens with zero attached hydrogens (tertiary/aromatic N) is 2. The van der Waals surface area contributed by atoms with Crippen molar-refractivity contribution in [2.24, 2.45) is 0 Å². The molecular weight excluding hydrogens is 292 g/mol. The standard InChI is InChI=1S/C18H30N2O3/c1-15(20-7-9-23-10-8-20)12-19(2)13-16-5-6-18(22-4)17(11-16)14-21-3/h5-6,11,15H,7-10,12-14H2,1-4H3. The van der Waals surface area contributed by atoms with E-state index >= 15 is 0 Å². The first-order chi connectivity index (χ1) is 11.1. The van der Waals surface area contributed by atoms with E-state index in [1.165, 1.54) is 5.56 Å². The lowest BCUT2D eigenvalue weighted by molar-refractivity contribution is 0.0137. The van der Waals surface area contributed by atoms with Crippen LogP contribution in [0.25, 0.3) is 0 Å². The minimum Gasteiger partial charge on any atom is -0.496 e. The SMILES string of the molecule is COCc1cc(CN(C)CC(C)N2CCOCC2)ccc1OC. The molecule has 0 aliphatic carbocycles. The third-order valence-corrected chi connectivity index (χ3v) is 4.34. The van der Waals surface area contributed by atoms with Crippen LogP contribution >= 0.6 is 0 Å². The van der Waals surface area contributed by atoms with Gasteiger partial charge in [-0.15, -0.1) is 0 Å². The maximum atomic E-state index is 5.43. The molecule has 0 N–H and O–H groups in total. The summed E-state index contributed by atoms with van der Waals surface area (Å²) in [6, 6.07) is 6.88. The van der Waals surface area contributed by atoms with Crippen LogP contribution in [0.4, 0.5) is 0 Å². The molecule has 0 amide bonds. The Bertz CT molecular complexity index is 475. The Labute approximate surface area is 140 Å². The average Bonchev–Trinajstić information content (AvgIpc) is 2.56. The van der Waals surface area contributed by atoms with E-state index in [0.29, 0.717) is 12.6 Å². The van der Waals surface area contributed by atoms with Crippen LogP contribution in [0.3, 0.4) is 0 Å². The Morgan fingerprint density at radius 1 is 1.26 bits per heavy atom. The molecule has 2 rings (SSSR count). The molecule has 1 heterocycles. The van der Waals surface area contributed by atoms with Crippen molar-refractivity contribution in [1.82, 2.24) is 9.80 Å². The van der Waals surface area contributed by atoms with Gasteiger partial charge in [0.05, 0.1) is 26.9 Å². The number of ether oxygens (including phenoxy) is 3. The van der Waals surface area contributed by atoms with Crippen LogP contribution in [0, 0.1) is 0 Å². The minimum absolute atomic E-state index is 0.542. The Hall–Kier alpha value is -1.14. The summed E-state index contributed by atoms with van der Waals surface area (Å²) in [7, 11) is 5.59. The van der Waals surface area contributed by atoms with E-state index in [9.17, 15) is 0 Å². The van der Waals surface area contributed by atoms with Gasteiger partial charge in [-0.05, 0) is 31.7 Å². The van der Waals surface area contributed by atoms with E-state index in [4.69, 9.17) is 14.2 Å². The van der Waals surface area contributed by atoms with E-state index in [2.05, 4.69) is 35.9 Å². The molecule has 1 atom stereocenters. The molecule has 1 aliphatic heterocycles. The summed E-state index contributed by atoms with van der Waals surface area (Å²) in [5.41, 5.74) is 2.39. The molecule has 1 fully saturated rings. The molecular formula is C18H30N2O3. The monoisotopic (exact) mass is 322 g/mol. The van der Waals surface area contributed by atoms with Gasteiger partial charge in [0.2, 0.25) is 0 Å². The number of methoxy groups -OCH3 is 2. The summed E-state index contributed by atoms with van der Waals surface area (Å²) < 4.78 is 16.1. The Morgan fingerprint density at radius 3 is 2.65 bits per heavy atom. The van der Waals surface area contributed by atoms with E-state index in [1.807, 2.05) is 6.07 Å². The van der Waals surface area contributed by atoms with Crippen molar-refractivity contribution in [3.05, 3.63) is 29.3 Å². The van der Waals surface area contributed by atoms with E-state index in [-0.39, 0.29) is 0 Å². The topological polar surface area (TPSA) is 34.2 Å². The van der Waals surface area contributed by atoms with Gasteiger partial charge in [-0.3, -0.25) is 4.90 Å². The summed E-state index contributed by atoms with van der Waals surface area (Å²) in [6.45, 7) is 8.63. The van der Waals surface area contributed by atoms with Crippen LogP contribution in [-0.2, 0) is 22.6 Å². The molecule has 5 heteroatoms. The normalized spacial score (nSPS) is 17.4. The second kappa shape index (κ2) is 9.23. The summed E-state index contributed by atoms with van der Waals surface area (Å²) in [4.78, 5) is 4.88. The van der Waals surface area contributed by atoms with Crippen molar-refractivity contribution < 1.29 is 14.2 Å². The second-order valence-electron chi connectivity index (χ2n) is 6.27. The van der Waals surface area contributed by atoms with Gasteiger partial charge in [0.15, 0.2) is 0 Å². The number of likely N-dealkylation sites (N-methyl/N-ethyl adjacent to an activating group) is 1. The van der Waals surface area contributed by atoms with Crippen LogP contribution in [0.1, 0.15) is 18.1 Å².